The molecule has 2 N–H and O–H groups in total. The van der Waals surface area contributed by atoms with E-state index in [-0.39, 0.29) is 5.91 Å². The third-order valence-corrected chi connectivity index (χ3v) is 3.16. The quantitative estimate of drug-likeness (QED) is 0.835. The number of nitrogens with two attached hydrogens (primary N) is 1. The van der Waals surface area contributed by atoms with Gasteiger partial charge in [0.2, 0.25) is 5.91 Å². The number of rotatable bonds is 3. The Morgan fingerprint density at radius 2 is 2.19 bits per heavy atom. The molecule has 1 aromatic carbocycles. The van der Waals surface area contributed by atoms with Crippen molar-refractivity contribution in [3.8, 4) is 0 Å². The lowest BCUT2D eigenvalue weighted by Gasteiger charge is -2.26. The minimum Gasteiger partial charge on any atom is -0.330 e. The Kier molecular flexibility index (Phi) is 3.25. The maximum Gasteiger partial charge on any atom is 0.227 e. The highest BCUT2D eigenvalue weighted by molar-refractivity contribution is 5.95. The molecule has 0 aliphatic carbocycles. The van der Waals surface area contributed by atoms with Gasteiger partial charge in [0.25, 0.3) is 0 Å². The van der Waals surface area contributed by atoms with Gasteiger partial charge in [0, 0.05) is 19.2 Å². The largest absolute Gasteiger partial charge is 0.330 e. The summed E-state index contributed by atoms with van der Waals surface area (Å²) in [5, 5.41) is 0. The third kappa shape index (κ3) is 2.09. The lowest BCUT2D eigenvalue weighted by Crippen LogP contribution is -2.31. The van der Waals surface area contributed by atoms with Gasteiger partial charge in [-0.25, -0.2) is 0 Å². The number of hydrogen-bond acceptors (Lipinski definition) is 2. The van der Waals surface area contributed by atoms with E-state index in [0.717, 1.165) is 31.5 Å². The highest BCUT2D eigenvalue weighted by atomic mass is 16.2. The van der Waals surface area contributed by atoms with Crippen LogP contribution in [0.5, 0.6) is 0 Å². The molecule has 1 amide bonds. The first kappa shape index (κ1) is 11.1. The summed E-state index contributed by atoms with van der Waals surface area (Å²) in [4.78, 5) is 13.3. The van der Waals surface area contributed by atoms with E-state index in [4.69, 9.17) is 5.73 Å². The molecule has 2 rings (SSSR count). The first-order chi connectivity index (χ1) is 7.72. The normalized spacial score (nSPS) is 15.1. The number of carbonyl (C=O) groups is 1. The molecule has 0 aromatic heterocycles. The fraction of sp³-hybridized carbons (Fsp3) is 0.462. The minimum absolute atomic E-state index is 0.210. The number of hydrogen-bond donors (Lipinski definition) is 1. The molecular formula is C13H18N2O. The highest BCUT2D eigenvalue weighted by Gasteiger charge is 2.20. The van der Waals surface area contributed by atoms with Crippen LogP contribution in [0.1, 0.15) is 24.0 Å². The molecule has 0 radical (unpaired) electrons. The number of anilines is 1. The predicted octanol–water partition coefficient (Wildman–Crippen LogP) is 1.49. The Labute approximate surface area is 96.2 Å². The molecule has 3 nitrogen and oxygen atoms in total. The van der Waals surface area contributed by atoms with Gasteiger partial charge in [0.05, 0.1) is 0 Å². The molecule has 1 aliphatic rings. The van der Waals surface area contributed by atoms with Crippen LogP contribution in [-0.4, -0.2) is 19.5 Å². The first-order valence-electron chi connectivity index (χ1n) is 5.81. The third-order valence-electron chi connectivity index (χ3n) is 3.16. The van der Waals surface area contributed by atoms with E-state index in [9.17, 15) is 4.79 Å². The van der Waals surface area contributed by atoms with Crippen molar-refractivity contribution in [3.05, 3.63) is 29.3 Å². The Balaban J connectivity index is 2.23. The molecule has 0 atom stereocenters. The van der Waals surface area contributed by atoms with Crippen molar-refractivity contribution in [3.63, 3.8) is 0 Å². The molecule has 0 saturated heterocycles. The van der Waals surface area contributed by atoms with Crippen molar-refractivity contribution in [2.75, 3.05) is 18.5 Å². The van der Waals surface area contributed by atoms with Gasteiger partial charge in [-0.1, -0.05) is 12.1 Å². The van der Waals surface area contributed by atoms with Crippen LogP contribution >= 0.6 is 0 Å². The summed E-state index contributed by atoms with van der Waals surface area (Å²) in [5.41, 5.74) is 9.18. The highest BCUT2D eigenvalue weighted by Crippen LogP contribution is 2.27. The molecule has 0 spiro atoms. The van der Waals surface area contributed by atoms with E-state index in [0.29, 0.717) is 6.42 Å². The summed E-state index contributed by atoms with van der Waals surface area (Å²) >= 11 is 0. The molecule has 0 saturated carbocycles. The number of carbonyl (C=O) groups excluding carboxylic acids is 1. The average molecular weight is 218 g/mol. The molecule has 1 heterocycles. The zero-order valence-electron chi connectivity index (χ0n) is 9.70. The number of amides is 1. The zero-order valence-corrected chi connectivity index (χ0v) is 9.70. The van der Waals surface area contributed by atoms with Crippen LogP contribution in [-0.2, 0) is 17.6 Å². The van der Waals surface area contributed by atoms with Crippen molar-refractivity contribution in [2.24, 2.45) is 5.73 Å². The molecule has 16 heavy (non-hydrogen) atoms. The summed E-state index contributed by atoms with van der Waals surface area (Å²) in [6.45, 7) is 0.732. The fourth-order valence-corrected chi connectivity index (χ4v) is 2.17. The van der Waals surface area contributed by atoms with Gasteiger partial charge < -0.3 is 10.6 Å². The number of nitrogens with zero attached hydrogens (tertiary/aromatic N) is 1. The SMILES string of the molecule is CN1C(=O)CCc2cc(CCCN)ccc21. The van der Waals surface area contributed by atoms with Crippen LogP contribution in [0.2, 0.25) is 0 Å². The van der Waals surface area contributed by atoms with Crippen molar-refractivity contribution in [1.29, 1.82) is 0 Å². The number of fused-ring (bicyclic) bond motifs is 1. The molecule has 0 unspecified atom stereocenters. The van der Waals surface area contributed by atoms with Crippen molar-refractivity contribution in [1.82, 2.24) is 0 Å². The monoisotopic (exact) mass is 218 g/mol. The summed E-state index contributed by atoms with van der Waals surface area (Å²) in [5.74, 6) is 0.210. The summed E-state index contributed by atoms with van der Waals surface area (Å²) < 4.78 is 0. The molecule has 3 heteroatoms. The van der Waals surface area contributed by atoms with Crippen LogP contribution in [0.3, 0.4) is 0 Å². The van der Waals surface area contributed by atoms with Gasteiger partial charge in [0.1, 0.15) is 0 Å². The molecule has 86 valence electrons. The van der Waals surface area contributed by atoms with E-state index in [2.05, 4.69) is 18.2 Å². The van der Waals surface area contributed by atoms with Gasteiger partial charge in [-0.2, -0.15) is 0 Å². The van der Waals surface area contributed by atoms with Crippen molar-refractivity contribution < 1.29 is 4.79 Å². The van der Waals surface area contributed by atoms with Gasteiger partial charge in [-0.15, -0.1) is 0 Å². The van der Waals surface area contributed by atoms with E-state index in [1.54, 1.807) is 4.90 Å². The maximum absolute atomic E-state index is 11.5. The second-order valence-corrected chi connectivity index (χ2v) is 4.31. The fourth-order valence-electron chi connectivity index (χ4n) is 2.17. The van der Waals surface area contributed by atoms with Crippen molar-refractivity contribution in [2.45, 2.75) is 25.7 Å². The summed E-state index contributed by atoms with van der Waals surface area (Å²) in [6, 6.07) is 6.37. The molecular weight excluding hydrogens is 200 g/mol. The lowest BCUT2D eigenvalue weighted by atomic mass is 9.97. The second-order valence-electron chi connectivity index (χ2n) is 4.31. The summed E-state index contributed by atoms with van der Waals surface area (Å²) in [7, 11) is 1.85. The smallest absolute Gasteiger partial charge is 0.227 e. The number of aryl methyl sites for hydroxylation is 2. The van der Waals surface area contributed by atoms with Crippen molar-refractivity contribution >= 4 is 11.6 Å². The Morgan fingerprint density at radius 1 is 1.38 bits per heavy atom. The average Bonchev–Trinajstić information content (AvgIpc) is 2.31. The summed E-state index contributed by atoms with van der Waals surface area (Å²) in [6.07, 6.45) is 3.55. The Hall–Kier alpha value is -1.35. The lowest BCUT2D eigenvalue weighted by molar-refractivity contribution is -0.118. The van der Waals surface area contributed by atoms with Crippen LogP contribution in [0, 0.1) is 0 Å². The Morgan fingerprint density at radius 3 is 2.94 bits per heavy atom. The van der Waals surface area contributed by atoms with E-state index in [1.165, 1.54) is 11.1 Å². The second kappa shape index (κ2) is 4.66. The predicted molar refractivity (Wildman–Crippen MR) is 65.5 cm³/mol. The van der Waals surface area contributed by atoms with Gasteiger partial charge in [-0.05, 0) is 43.0 Å². The first-order valence-corrected chi connectivity index (χ1v) is 5.81. The minimum atomic E-state index is 0.210. The van der Waals surface area contributed by atoms with E-state index < -0.39 is 0 Å². The van der Waals surface area contributed by atoms with Crippen LogP contribution in [0.15, 0.2) is 18.2 Å². The van der Waals surface area contributed by atoms with Crippen LogP contribution in [0.4, 0.5) is 5.69 Å². The van der Waals surface area contributed by atoms with Crippen LogP contribution in [0.25, 0.3) is 0 Å². The molecule has 0 fully saturated rings. The molecule has 0 bridgehead atoms. The van der Waals surface area contributed by atoms with Gasteiger partial charge in [0.15, 0.2) is 0 Å². The van der Waals surface area contributed by atoms with E-state index in [1.807, 2.05) is 7.05 Å². The zero-order chi connectivity index (χ0) is 11.5. The standard InChI is InChI=1S/C13H18N2O/c1-15-12-6-4-10(3-2-8-14)9-11(12)5-7-13(15)16/h4,6,9H,2-3,5,7-8,14H2,1H3. The van der Waals surface area contributed by atoms with Gasteiger partial charge >= 0.3 is 0 Å². The Bertz CT molecular complexity index is 401. The maximum atomic E-state index is 11.5. The topological polar surface area (TPSA) is 46.3 Å². The van der Waals surface area contributed by atoms with Gasteiger partial charge in [-0.3, -0.25) is 4.79 Å². The molecule has 1 aromatic rings. The molecule has 1 aliphatic heterocycles. The van der Waals surface area contributed by atoms with Crippen LogP contribution < -0.4 is 10.6 Å². The number of benzene rings is 1. The van der Waals surface area contributed by atoms with E-state index >= 15 is 0 Å².